The van der Waals surface area contributed by atoms with Crippen LogP contribution in [0.5, 0.6) is 0 Å². The summed E-state index contributed by atoms with van der Waals surface area (Å²) in [5, 5.41) is 9.11. The summed E-state index contributed by atoms with van der Waals surface area (Å²) in [5.41, 5.74) is 2.04. The molecule has 0 radical (unpaired) electrons. The highest BCUT2D eigenvalue weighted by Gasteiger charge is 2.49. The highest BCUT2D eigenvalue weighted by Crippen LogP contribution is 2.51. The average Bonchev–Trinajstić information content (AvgIpc) is 3.03. The van der Waals surface area contributed by atoms with Crippen LogP contribution in [0.1, 0.15) is 23.7 Å². The minimum absolute atomic E-state index is 0.00627. The molecular formula is C21H19NO4S2. The van der Waals surface area contributed by atoms with E-state index in [1.807, 2.05) is 60.7 Å². The highest BCUT2D eigenvalue weighted by atomic mass is 32.2. The van der Waals surface area contributed by atoms with Gasteiger partial charge in [0.05, 0.1) is 22.6 Å². The molecule has 1 fully saturated rings. The second-order valence-corrected chi connectivity index (χ2v) is 8.91. The van der Waals surface area contributed by atoms with Gasteiger partial charge in [-0.05, 0) is 11.1 Å². The number of benzene rings is 2. The molecule has 2 heterocycles. The molecule has 4 rings (SSSR count). The van der Waals surface area contributed by atoms with Crippen LogP contribution >= 0.6 is 23.5 Å². The third-order valence-corrected chi connectivity index (χ3v) is 7.07. The number of aliphatic hydroxyl groups excluding tert-OH is 1. The van der Waals surface area contributed by atoms with Crippen LogP contribution in [0, 0.1) is 0 Å². The number of amides is 1. The number of β-lactam (4-membered cyclic amide) rings is 1. The Morgan fingerprint density at radius 1 is 1.14 bits per heavy atom. The van der Waals surface area contributed by atoms with Crippen LogP contribution < -0.4 is 0 Å². The third kappa shape index (κ3) is 3.70. The van der Waals surface area contributed by atoms with E-state index >= 15 is 0 Å². The maximum absolute atomic E-state index is 13.1. The minimum atomic E-state index is -0.563. The lowest BCUT2D eigenvalue weighted by molar-refractivity contribution is -0.151. The van der Waals surface area contributed by atoms with Crippen LogP contribution in [0.3, 0.4) is 0 Å². The van der Waals surface area contributed by atoms with Gasteiger partial charge in [-0.1, -0.05) is 72.4 Å². The molecule has 1 N–H and O–H groups in total. The molecule has 0 aromatic heterocycles. The van der Waals surface area contributed by atoms with Crippen molar-refractivity contribution in [3.63, 3.8) is 0 Å². The van der Waals surface area contributed by atoms with Crippen LogP contribution in [0.2, 0.25) is 0 Å². The smallest absolute Gasteiger partial charge is 0.357 e. The van der Waals surface area contributed by atoms with Gasteiger partial charge in [0.1, 0.15) is 0 Å². The van der Waals surface area contributed by atoms with Gasteiger partial charge >= 0.3 is 5.97 Å². The Bertz CT molecular complexity index is 862. The van der Waals surface area contributed by atoms with Gasteiger partial charge in [0.2, 0.25) is 5.91 Å². The molecule has 2 aliphatic rings. The summed E-state index contributed by atoms with van der Waals surface area (Å²) in [4.78, 5) is 26.8. The Labute approximate surface area is 171 Å². The van der Waals surface area contributed by atoms with E-state index in [9.17, 15) is 9.59 Å². The Balaban J connectivity index is 1.64. The van der Waals surface area contributed by atoms with Gasteiger partial charge in [-0.25, -0.2) is 4.79 Å². The van der Waals surface area contributed by atoms with Crippen LogP contribution in [0.25, 0.3) is 0 Å². The first-order valence-electron chi connectivity index (χ1n) is 8.96. The monoisotopic (exact) mass is 413 g/mol. The van der Waals surface area contributed by atoms with Crippen LogP contribution in [-0.4, -0.2) is 39.6 Å². The van der Waals surface area contributed by atoms with Crippen molar-refractivity contribution in [2.24, 2.45) is 0 Å². The van der Waals surface area contributed by atoms with Gasteiger partial charge in [0, 0.05) is 5.75 Å². The summed E-state index contributed by atoms with van der Waals surface area (Å²) in [6, 6.07) is 19.1. The quantitative estimate of drug-likeness (QED) is 0.553. The summed E-state index contributed by atoms with van der Waals surface area (Å²) in [6.45, 7) is 0.00627. The second kappa shape index (κ2) is 8.43. The Morgan fingerprint density at radius 2 is 1.75 bits per heavy atom. The van der Waals surface area contributed by atoms with Crippen molar-refractivity contribution in [3.05, 3.63) is 81.7 Å². The fourth-order valence-corrected chi connectivity index (χ4v) is 5.74. The predicted molar refractivity (Wildman–Crippen MR) is 110 cm³/mol. The van der Waals surface area contributed by atoms with E-state index in [0.717, 1.165) is 15.4 Å². The lowest BCUT2D eigenvalue weighted by Gasteiger charge is -2.34. The van der Waals surface area contributed by atoms with E-state index in [4.69, 9.17) is 9.84 Å². The molecule has 0 aliphatic carbocycles. The van der Waals surface area contributed by atoms with Crippen LogP contribution in [-0.2, 0) is 14.3 Å². The van der Waals surface area contributed by atoms with E-state index in [-0.39, 0.29) is 17.9 Å². The average molecular weight is 414 g/mol. The summed E-state index contributed by atoms with van der Waals surface area (Å²) < 4.78 is 6.68. The van der Waals surface area contributed by atoms with Crippen molar-refractivity contribution in [2.45, 2.75) is 17.9 Å². The first-order valence-corrected chi connectivity index (χ1v) is 10.8. The molecule has 0 saturated carbocycles. The van der Waals surface area contributed by atoms with Gasteiger partial charge in [-0.15, -0.1) is 11.8 Å². The van der Waals surface area contributed by atoms with E-state index in [1.165, 1.54) is 28.4 Å². The summed E-state index contributed by atoms with van der Waals surface area (Å²) >= 11 is 2.88. The Kier molecular flexibility index (Phi) is 5.75. The lowest BCUT2D eigenvalue weighted by atomic mass is 10.0. The summed E-state index contributed by atoms with van der Waals surface area (Å²) in [6.07, 6.45) is -0.141. The van der Waals surface area contributed by atoms with Gasteiger partial charge in [0.15, 0.2) is 11.8 Å². The van der Waals surface area contributed by atoms with Gasteiger partial charge < -0.3 is 9.84 Å². The normalized spacial score (nSPS) is 18.3. The maximum Gasteiger partial charge on any atom is 0.357 e. The van der Waals surface area contributed by atoms with Crippen molar-refractivity contribution in [1.29, 1.82) is 0 Å². The number of thioether (sulfide) groups is 2. The first kappa shape index (κ1) is 19.1. The molecule has 1 atom stereocenters. The van der Waals surface area contributed by atoms with Gasteiger partial charge in [0.25, 0.3) is 0 Å². The SMILES string of the molecule is O=C(OC(c1ccccc1)c1ccccc1)C1=C(SCCO)S[C@@H]2CC(=O)N12. The molecule has 0 bridgehead atoms. The molecule has 0 unspecified atom stereocenters. The number of carbonyl (C=O) groups excluding carboxylic acids is 2. The largest absolute Gasteiger partial charge is 0.448 e. The molecule has 0 spiro atoms. The van der Waals surface area contributed by atoms with Gasteiger partial charge in [-0.3, -0.25) is 9.69 Å². The fourth-order valence-electron chi connectivity index (χ4n) is 3.20. The van der Waals surface area contributed by atoms with Crippen LogP contribution in [0.4, 0.5) is 0 Å². The van der Waals surface area contributed by atoms with Gasteiger partial charge in [-0.2, -0.15) is 0 Å². The Morgan fingerprint density at radius 3 is 2.29 bits per heavy atom. The molecule has 7 heteroatoms. The molecule has 2 aliphatic heterocycles. The van der Waals surface area contributed by atoms with E-state index in [0.29, 0.717) is 17.9 Å². The lowest BCUT2D eigenvalue weighted by Crippen LogP contribution is -2.48. The zero-order valence-corrected chi connectivity index (χ0v) is 16.6. The molecule has 2 aromatic carbocycles. The van der Waals surface area contributed by atoms with Crippen molar-refractivity contribution >= 4 is 35.4 Å². The standard InChI is InChI=1S/C21H19NO4S2/c23-11-12-27-21-18(22-16(24)13-17(22)28-21)20(25)26-19(14-7-3-1-4-8-14)15-9-5-2-6-10-15/h1-10,17,19,23H,11-13H2/t17-/m1/s1. The van der Waals surface area contributed by atoms with E-state index in [1.54, 1.807) is 0 Å². The van der Waals surface area contributed by atoms with Crippen molar-refractivity contribution in [3.8, 4) is 0 Å². The molecule has 2 aromatic rings. The number of rotatable bonds is 7. The van der Waals surface area contributed by atoms with E-state index in [2.05, 4.69) is 0 Å². The Hall–Kier alpha value is -2.22. The summed E-state index contributed by atoms with van der Waals surface area (Å²) in [5.74, 6) is -0.115. The number of nitrogens with zero attached hydrogens (tertiary/aromatic N) is 1. The zero-order valence-electron chi connectivity index (χ0n) is 15.0. The minimum Gasteiger partial charge on any atom is -0.448 e. The third-order valence-electron chi connectivity index (χ3n) is 4.53. The summed E-state index contributed by atoms with van der Waals surface area (Å²) in [7, 11) is 0. The predicted octanol–water partition coefficient (Wildman–Crippen LogP) is 3.52. The molecule has 28 heavy (non-hydrogen) atoms. The number of hydrogen-bond donors (Lipinski definition) is 1. The molecule has 1 saturated heterocycles. The number of fused-ring (bicyclic) bond motifs is 1. The molecule has 5 nitrogen and oxygen atoms in total. The van der Waals surface area contributed by atoms with E-state index < -0.39 is 12.1 Å². The molecule has 1 amide bonds. The number of esters is 1. The van der Waals surface area contributed by atoms with Crippen molar-refractivity contribution in [2.75, 3.05) is 12.4 Å². The second-order valence-electron chi connectivity index (χ2n) is 6.36. The maximum atomic E-state index is 13.1. The van der Waals surface area contributed by atoms with Crippen LogP contribution in [0.15, 0.2) is 70.6 Å². The fraction of sp³-hybridized carbons (Fsp3) is 0.238. The molecule has 144 valence electrons. The highest BCUT2D eigenvalue weighted by molar-refractivity contribution is 8.22. The number of carbonyl (C=O) groups is 2. The topological polar surface area (TPSA) is 66.8 Å². The molecular weight excluding hydrogens is 394 g/mol. The van der Waals surface area contributed by atoms with Crippen molar-refractivity contribution in [1.82, 2.24) is 4.90 Å². The first-order chi connectivity index (χ1) is 13.7. The number of ether oxygens (including phenoxy) is 1. The number of hydrogen-bond acceptors (Lipinski definition) is 6. The van der Waals surface area contributed by atoms with Crippen molar-refractivity contribution < 1.29 is 19.4 Å². The zero-order chi connectivity index (χ0) is 19.5. The number of aliphatic hydroxyl groups is 1.